The first-order chi connectivity index (χ1) is 9.29. The van der Waals surface area contributed by atoms with Gasteiger partial charge in [-0.25, -0.2) is 4.98 Å². The second kappa shape index (κ2) is 5.05. The summed E-state index contributed by atoms with van der Waals surface area (Å²) in [6.45, 7) is 1.02. The van der Waals surface area contributed by atoms with Crippen LogP contribution in [-0.2, 0) is 13.0 Å². The van der Waals surface area contributed by atoms with Crippen molar-refractivity contribution in [3.8, 4) is 5.75 Å². The number of imidazole rings is 1. The summed E-state index contributed by atoms with van der Waals surface area (Å²) in [5, 5.41) is 0. The minimum atomic E-state index is 0.132. The number of nitrogens with two attached hydrogens (primary N) is 1. The molecule has 100 valence electrons. The first-order valence-electron chi connectivity index (χ1n) is 6.71. The highest BCUT2D eigenvalue weighted by Gasteiger charge is 2.20. The molecule has 0 saturated heterocycles. The van der Waals surface area contributed by atoms with E-state index in [2.05, 4.69) is 15.6 Å². The maximum Gasteiger partial charge on any atom is 0.122 e. The zero-order valence-electron chi connectivity index (χ0n) is 11.2. The number of hydrogen-bond donors (Lipinski definition) is 1. The normalized spacial score (nSPS) is 18.1. The third-order valence-corrected chi connectivity index (χ3v) is 3.79. The number of para-hydroxylation sites is 1. The van der Waals surface area contributed by atoms with E-state index in [1.807, 2.05) is 24.4 Å². The molecule has 0 aliphatic carbocycles. The monoisotopic (exact) mass is 257 g/mol. The highest BCUT2D eigenvalue weighted by molar-refractivity contribution is 5.35. The number of rotatable bonds is 3. The Labute approximate surface area is 113 Å². The lowest BCUT2D eigenvalue weighted by atomic mass is 10.1. The van der Waals surface area contributed by atoms with E-state index >= 15 is 0 Å². The fourth-order valence-electron chi connectivity index (χ4n) is 2.76. The van der Waals surface area contributed by atoms with Crippen LogP contribution < -0.4 is 10.5 Å². The molecule has 1 unspecified atom stereocenters. The number of aromatic nitrogens is 2. The molecule has 4 heteroatoms. The maximum absolute atomic E-state index is 6.12. The number of nitrogens with zero attached hydrogens (tertiary/aromatic N) is 2. The summed E-state index contributed by atoms with van der Waals surface area (Å²) in [6, 6.07) is 8.22. The van der Waals surface area contributed by atoms with E-state index in [-0.39, 0.29) is 6.04 Å². The number of benzene rings is 1. The molecule has 0 fully saturated rings. The Balaban J connectivity index is 1.92. The Morgan fingerprint density at radius 2 is 2.26 bits per heavy atom. The second-order valence-electron chi connectivity index (χ2n) is 4.99. The summed E-state index contributed by atoms with van der Waals surface area (Å²) in [4.78, 5) is 4.55. The molecule has 2 N–H and O–H groups in total. The summed E-state index contributed by atoms with van der Waals surface area (Å²) >= 11 is 0. The molecule has 1 atom stereocenters. The van der Waals surface area contributed by atoms with Gasteiger partial charge in [0.15, 0.2) is 0 Å². The van der Waals surface area contributed by atoms with E-state index in [1.165, 1.54) is 0 Å². The molecule has 0 amide bonds. The van der Waals surface area contributed by atoms with Crippen LogP contribution in [0.5, 0.6) is 5.75 Å². The van der Waals surface area contributed by atoms with E-state index in [9.17, 15) is 0 Å². The lowest BCUT2D eigenvalue weighted by Crippen LogP contribution is -2.22. The van der Waals surface area contributed by atoms with Crippen molar-refractivity contribution in [2.75, 3.05) is 7.11 Å². The zero-order valence-corrected chi connectivity index (χ0v) is 11.2. The largest absolute Gasteiger partial charge is 0.496 e. The SMILES string of the molecule is COc1ccccc1Cc1ncc2n1CCCC2N. The van der Waals surface area contributed by atoms with Gasteiger partial charge in [-0.3, -0.25) is 0 Å². The Hall–Kier alpha value is -1.81. The third-order valence-electron chi connectivity index (χ3n) is 3.79. The van der Waals surface area contributed by atoms with Crippen LogP contribution in [0.2, 0.25) is 0 Å². The molecule has 1 aromatic carbocycles. The molecule has 1 aromatic heterocycles. The minimum absolute atomic E-state index is 0.132. The highest BCUT2D eigenvalue weighted by Crippen LogP contribution is 2.26. The Morgan fingerprint density at radius 3 is 3.11 bits per heavy atom. The fraction of sp³-hybridized carbons (Fsp3) is 0.400. The molecule has 3 rings (SSSR count). The summed E-state index contributed by atoms with van der Waals surface area (Å²) in [5.41, 5.74) is 8.45. The van der Waals surface area contributed by atoms with Crippen LogP contribution in [0.4, 0.5) is 0 Å². The highest BCUT2D eigenvalue weighted by atomic mass is 16.5. The molecule has 0 bridgehead atoms. The molecule has 2 aromatic rings. The van der Waals surface area contributed by atoms with E-state index in [4.69, 9.17) is 10.5 Å². The van der Waals surface area contributed by atoms with Gasteiger partial charge in [-0.15, -0.1) is 0 Å². The molecule has 0 saturated carbocycles. The lowest BCUT2D eigenvalue weighted by Gasteiger charge is -2.22. The molecule has 4 nitrogen and oxygen atoms in total. The predicted molar refractivity (Wildman–Crippen MR) is 74.2 cm³/mol. The molecule has 19 heavy (non-hydrogen) atoms. The van der Waals surface area contributed by atoms with Crippen LogP contribution in [0.1, 0.15) is 36.0 Å². The Morgan fingerprint density at radius 1 is 1.42 bits per heavy atom. The van der Waals surface area contributed by atoms with E-state index < -0.39 is 0 Å². The standard InChI is InChI=1S/C15H19N3O/c1-19-14-7-3-2-5-11(14)9-15-17-10-13-12(16)6-4-8-18(13)15/h2-3,5,7,10,12H,4,6,8-9,16H2,1H3. The van der Waals surface area contributed by atoms with Crippen LogP contribution in [0, 0.1) is 0 Å². The van der Waals surface area contributed by atoms with Gasteiger partial charge in [-0.1, -0.05) is 18.2 Å². The van der Waals surface area contributed by atoms with Gasteiger partial charge in [0.05, 0.1) is 19.0 Å². The number of hydrogen-bond acceptors (Lipinski definition) is 3. The fourth-order valence-corrected chi connectivity index (χ4v) is 2.76. The summed E-state index contributed by atoms with van der Waals surface area (Å²) in [6.07, 6.45) is 4.90. The van der Waals surface area contributed by atoms with E-state index in [0.717, 1.165) is 48.6 Å². The average molecular weight is 257 g/mol. The van der Waals surface area contributed by atoms with Gasteiger partial charge < -0.3 is 15.0 Å². The summed E-state index contributed by atoms with van der Waals surface area (Å²) in [5.74, 6) is 2.00. The maximum atomic E-state index is 6.12. The number of ether oxygens (including phenoxy) is 1. The van der Waals surface area contributed by atoms with Crippen LogP contribution in [0.15, 0.2) is 30.5 Å². The van der Waals surface area contributed by atoms with Crippen molar-refractivity contribution in [3.63, 3.8) is 0 Å². The molecular weight excluding hydrogens is 238 g/mol. The van der Waals surface area contributed by atoms with Crippen molar-refractivity contribution >= 4 is 0 Å². The van der Waals surface area contributed by atoms with Gasteiger partial charge in [-0.2, -0.15) is 0 Å². The van der Waals surface area contributed by atoms with Crippen molar-refractivity contribution in [1.82, 2.24) is 9.55 Å². The Kier molecular flexibility index (Phi) is 3.25. The summed E-state index contributed by atoms with van der Waals surface area (Å²) in [7, 11) is 1.70. The average Bonchev–Trinajstić information content (AvgIpc) is 2.84. The third kappa shape index (κ3) is 2.24. The van der Waals surface area contributed by atoms with Crippen LogP contribution in [0.3, 0.4) is 0 Å². The van der Waals surface area contributed by atoms with Crippen LogP contribution >= 0.6 is 0 Å². The molecule has 0 radical (unpaired) electrons. The van der Waals surface area contributed by atoms with Gasteiger partial charge in [0, 0.05) is 24.6 Å². The predicted octanol–water partition coefficient (Wildman–Crippen LogP) is 2.28. The number of methoxy groups -OCH3 is 1. The topological polar surface area (TPSA) is 53.1 Å². The molecule has 0 spiro atoms. The van der Waals surface area contributed by atoms with Crippen molar-refractivity contribution in [2.45, 2.75) is 31.8 Å². The Bertz CT molecular complexity index is 577. The van der Waals surface area contributed by atoms with E-state index in [0.29, 0.717) is 0 Å². The minimum Gasteiger partial charge on any atom is -0.496 e. The quantitative estimate of drug-likeness (QED) is 0.917. The second-order valence-corrected chi connectivity index (χ2v) is 4.99. The smallest absolute Gasteiger partial charge is 0.122 e. The number of fused-ring (bicyclic) bond motifs is 1. The van der Waals surface area contributed by atoms with Crippen molar-refractivity contribution in [1.29, 1.82) is 0 Å². The first kappa shape index (κ1) is 12.2. The zero-order chi connectivity index (χ0) is 13.2. The van der Waals surface area contributed by atoms with Crippen molar-refractivity contribution < 1.29 is 4.74 Å². The van der Waals surface area contributed by atoms with Gasteiger partial charge in [-0.05, 0) is 18.9 Å². The molecule has 2 heterocycles. The van der Waals surface area contributed by atoms with Gasteiger partial charge in [0.25, 0.3) is 0 Å². The van der Waals surface area contributed by atoms with E-state index in [1.54, 1.807) is 7.11 Å². The van der Waals surface area contributed by atoms with Crippen LogP contribution in [-0.4, -0.2) is 16.7 Å². The molecular formula is C15H19N3O. The lowest BCUT2D eigenvalue weighted by molar-refractivity contribution is 0.409. The van der Waals surface area contributed by atoms with Crippen molar-refractivity contribution in [3.05, 3.63) is 47.5 Å². The first-order valence-corrected chi connectivity index (χ1v) is 6.71. The van der Waals surface area contributed by atoms with Crippen LogP contribution in [0.25, 0.3) is 0 Å². The van der Waals surface area contributed by atoms with Gasteiger partial charge in [0.1, 0.15) is 11.6 Å². The van der Waals surface area contributed by atoms with Gasteiger partial charge >= 0.3 is 0 Å². The summed E-state index contributed by atoms with van der Waals surface area (Å²) < 4.78 is 7.66. The van der Waals surface area contributed by atoms with Crippen molar-refractivity contribution in [2.24, 2.45) is 5.73 Å². The molecule has 1 aliphatic heterocycles. The molecule has 1 aliphatic rings. The van der Waals surface area contributed by atoms with Gasteiger partial charge in [0.2, 0.25) is 0 Å².